The van der Waals surface area contributed by atoms with Crippen LogP contribution >= 0.6 is 0 Å². The molecule has 0 unspecified atom stereocenters. The fourth-order valence-electron chi connectivity index (χ4n) is 3.95. The van der Waals surface area contributed by atoms with Crippen molar-refractivity contribution in [2.24, 2.45) is 0 Å². The lowest BCUT2D eigenvalue weighted by molar-refractivity contribution is -0.120. The van der Waals surface area contributed by atoms with Crippen LogP contribution in [0.2, 0.25) is 0 Å². The summed E-state index contributed by atoms with van der Waals surface area (Å²) < 4.78 is 5.49. The number of likely N-dealkylation sites (tertiary alicyclic amines) is 1. The van der Waals surface area contributed by atoms with E-state index in [1.165, 1.54) is 4.90 Å². The van der Waals surface area contributed by atoms with E-state index in [9.17, 15) is 9.59 Å². The van der Waals surface area contributed by atoms with Gasteiger partial charge in [0, 0.05) is 18.7 Å². The molecule has 2 aliphatic heterocycles. The Labute approximate surface area is 165 Å². The Kier molecular flexibility index (Phi) is 4.67. The van der Waals surface area contributed by atoms with E-state index in [1.54, 1.807) is 7.11 Å². The van der Waals surface area contributed by atoms with Crippen LogP contribution in [0.1, 0.15) is 29.5 Å². The molecule has 0 radical (unpaired) electrons. The molecule has 1 saturated heterocycles. The average Bonchev–Trinajstić information content (AvgIpc) is 3.30. The summed E-state index contributed by atoms with van der Waals surface area (Å²) in [4.78, 5) is 30.3. The highest BCUT2D eigenvalue weighted by molar-refractivity contribution is 6.45. The van der Waals surface area contributed by atoms with Gasteiger partial charge in [0.2, 0.25) is 0 Å². The minimum Gasteiger partial charge on any atom is -0.496 e. The maximum absolute atomic E-state index is 13.5. The topological polar surface area (TPSA) is 49.9 Å². The highest BCUT2D eigenvalue weighted by Crippen LogP contribution is 2.39. The number of ether oxygens (including phenoxy) is 1. The second kappa shape index (κ2) is 7.15. The van der Waals surface area contributed by atoms with Gasteiger partial charge in [0.05, 0.1) is 18.4 Å². The molecule has 0 aliphatic carbocycles. The lowest BCUT2D eigenvalue weighted by atomic mass is 10.0. The molecule has 28 heavy (non-hydrogen) atoms. The summed E-state index contributed by atoms with van der Waals surface area (Å²) >= 11 is 0. The minimum atomic E-state index is -0.292. The van der Waals surface area contributed by atoms with Crippen LogP contribution in [0.5, 0.6) is 5.75 Å². The summed E-state index contributed by atoms with van der Waals surface area (Å²) in [6.45, 7) is 5.57. The number of nitrogens with zero attached hydrogens (tertiary/aromatic N) is 2. The quantitative estimate of drug-likeness (QED) is 0.764. The van der Waals surface area contributed by atoms with Crippen molar-refractivity contribution in [2.45, 2.75) is 26.7 Å². The maximum atomic E-state index is 13.5. The summed E-state index contributed by atoms with van der Waals surface area (Å²) in [5.74, 6) is 0.0491. The fourth-order valence-corrected chi connectivity index (χ4v) is 3.95. The van der Waals surface area contributed by atoms with Crippen LogP contribution in [0, 0.1) is 13.8 Å². The van der Waals surface area contributed by atoms with E-state index in [4.69, 9.17) is 4.74 Å². The van der Waals surface area contributed by atoms with Gasteiger partial charge in [-0.05, 0) is 56.0 Å². The molecule has 2 heterocycles. The molecule has 144 valence electrons. The van der Waals surface area contributed by atoms with Gasteiger partial charge in [-0.1, -0.05) is 24.3 Å². The Morgan fingerprint density at radius 2 is 1.61 bits per heavy atom. The average molecular weight is 376 g/mol. The molecule has 0 saturated carbocycles. The van der Waals surface area contributed by atoms with Crippen molar-refractivity contribution in [1.29, 1.82) is 0 Å². The van der Waals surface area contributed by atoms with E-state index in [0.717, 1.165) is 37.1 Å². The number of rotatable bonds is 4. The standard InChI is InChI=1S/C23H24N2O3/c1-15-10-11-17(14-16(15)2)25-22(26)20(18-8-4-5-9-19(18)28-3)21(23(25)27)24-12-6-7-13-24/h4-5,8-11,14H,6-7,12-13H2,1-3H3. The van der Waals surface area contributed by atoms with E-state index in [2.05, 4.69) is 0 Å². The summed E-state index contributed by atoms with van der Waals surface area (Å²) in [6.07, 6.45) is 2.04. The smallest absolute Gasteiger partial charge is 0.282 e. The zero-order chi connectivity index (χ0) is 19.8. The van der Waals surface area contributed by atoms with E-state index in [0.29, 0.717) is 28.3 Å². The number of imide groups is 1. The predicted molar refractivity (Wildman–Crippen MR) is 109 cm³/mol. The number of aryl methyl sites for hydroxylation is 2. The summed E-state index contributed by atoms with van der Waals surface area (Å²) in [5.41, 5.74) is 4.37. The van der Waals surface area contributed by atoms with Crippen LogP contribution in [-0.2, 0) is 9.59 Å². The number of amides is 2. The van der Waals surface area contributed by atoms with Crippen molar-refractivity contribution in [3.63, 3.8) is 0 Å². The zero-order valence-corrected chi connectivity index (χ0v) is 16.5. The second-order valence-electron chi connectivity index (χ2n) is 7.33. The number of methoxy groups -OCH3 is 1. The van der Waals surface area contributed by atoms with Crippen LogP contribution in [0.15, 0.2) is 48.2 Å². The molecule has 5 heteroatoms. The zero-order valence-electron chi connectivity index (χ0n) is 16.5. The largest absolute Gasteiger partial charge is 0.496 e. The van der Waals surface area contributed by atoms with Crippen molar-refractivity contribution in [3.8, 4) is 5.75 Å². The maximum Gasteiger partial charge on any atom is 0.282 e. The number of carbonyl (C=O) groups is 2. The predicted octanol–water partition coefficient (Wildman–Crippen LogP) is 3.69. The number of hydrogen-bond donors (Lipinski definition) is 0. The Balaban J connectivity index is 1.87. The molecule has 1 fully saturated rings. The van der Waals surface area contributed by atoms with Gasteiger partial charge in [-0.15, -0.1) is 0 Å². The molecule has 5 nitrogen and oxygen atoms in total. The molecular weight excluding hydrogens is 352 g/mol. The lowest BCUT2D eigenvalue weighted by Gasteiger charge is -2.20. The molecule has 0 bridgehead atoms. The third-order valence-electron chi connectivity index (χ3n) is 5.61. The van der Waals surface area contributed by atoms with Gasteiger partial charge in [-0.3, -0.25) is 9.59 Å². The Hall–Kier alpha value is -3.08. The monoisotopic (exact) mass is 376 g/mol. The molecule has 0 aromatic heterocycles. The number of para-hydroxylation sites is 1. The third kappa shape index (κ3) is 2.87. The molecule has 2 amide bonds. The second-order valence-corrected chi connectivity index (χ2v) is 7.33. The van der Waals surface area contributed by atoms with E-state index < -0.39 is 0 Å². The molecule has 4 rings (SSSR count). The van der Waals surface area contributed by atoms with Crippen molar-refractivity contribution in [3.05, 3.63) is 64.9 Å². The van der Waals surface area contributed by atoms with Crippen LogP contribution in [0.25, 0.3) is 5.57 Å². The van der Waals surface area contributed by atoms with Crippen LogP contribution in [0.4, 0.5) is 5.69 Å². The molecule has 0 N–H and O–H groups in total. The molecule has 2 aromatic rings. The van der Waals surface area contributed by atoms with E-state index >= 15 is 0 Å². The first-order valence-corrected chi connectivity index (χ1v) is 9.61. The Morgan fingerprint density at radius 3 is 2.29 bits per heavy atom. The Morgan fingerprint density at radius 1 is 0.893 bits per heavy atom. The number of anilines is 1. The van der Waals surface area contributed by atoms with Crippen LogP contribution in [-0.4, -0.2) is 36.9 Å². The van der Waals surface area contributed by atoms with Gasteiger partial charge < -0.3 is 9.64 Å². The first-order chi connectivity index (χ1) is 13.5. The summed E-state index contributed by atoms with van der Waals surface area (Å²) in [5, 5.41) is 0. The van der Waals surface area contributed by atoms with Crippen molar-refractivity contribution >= 4 is 23.1 Å². The van der Waals surface area contributed by atoms with Crippen molar-refractivity contribution < 1.29 is 14.3 Å². The van der Waals surface area contributed by atoms with E-state index in [-0.39, 0.29) is 11.8 Å². The van der Waals surface area contributed by atoms with Crippen LogP contribution < -0.4 is 9.64 Å². The first-order valence-electron chi connectivity index (χ1n) is 9.61. The highest BCUT2D eigenvalue weighted by atomic mass is 16.5. The molecule has 0 atom stereocenters. The first kappa shape index (κ1) is 18.3. The number of benzene rings is 2. The third-order valence-corrected chi connectivity index (χ3v) is 5.61. The highest BCUT2D eigenvalue weighted by Gasteiger charge is 2.43. The normalized spacial score (nSPS) is 17.1. The van der Waals surface area contributed by atoms with Crippen molar-refractivity contribution in [1.82, 2.24) is 4.90 Å². The number of hydrogen-bond acceptors (Lipinski definition) is 4. The van der Waals surface area contributed by atoms with Gasteiger partial charge in [0.1, 0.15) is 11.4 Å². The van der Waals surface area contributed by atoms with Gasteiger partial charge in [0.25, 0.3) is 11.8 Å². The van der Waals surface area contributed by atoms with E-state index in [1.807, 2.05) is 61.2 Å². The lowest BCUT2D eigenvalue weighted by Crippen LogP contribution is -2.34. The number of carbonyl (C=O) groups excluding carboxylic acids is 2. The van der Waals surface area contributed by atoms with Gasteiger partial charge >= 0.3 is 0 Å². The van der Waals surface area contributed by atoms with Gasteiger partial charge in [-0.25, -0.2) is 4.90 Å². The van der Waals surface area contributed by atoms with Crippen LogP contribution in [0.3, 0.4) is 0 Å². The molecule has 0 spiro atoms. The molecule has 2 aromatic carbocycles. The van der Waals surface area contributed by atoms with Crippen molar-refractivity contribution in [2.75, 3.05) is 25.1 Å². The SMILES string of the molecule is COc1ccccc1C1=C(N2CCCC2)C(=O)N(c2ccc(C)c(C)c2)C1=O. The Bertz CT molecular complexity index is 987. The van der Waals surface area contributed by atoms with Gasteiger partial charge in [0.15, 0.2) is 0 Å². The molecular formula is C23H24N2O3. The van der Waals surface area contributed by atoms with Gasteiger partial charge in [-0.2, -0.15) is 0 Å². The summed E-state index contributed by atoms with van der Waals surface area (Å²) in [6, 6.07) is 13.1. The summed E-state index contributed by atoms with van der Waals surface area (Å²) in [7, 11) is 1.58. The fraction of sp³-hybridized carbons (Fsp3) is 0.304. The molecule has 2 aliphatic rings. The minimum absolute atomic E-state index is 0.254.